The first-order valence-electron chi connectivity index (χ1n) is 7.45. The number of para-hydroxylation sites is 4. The van der Waals surface area contributed by atoms with Crippen LogP contribution in [-0.4, -0.2) is 26.1 Å². The molecule has 0 saturated heterocycles. The zero-order valence-corrected chi connectivity index (χ0v) is 12.7. The third-order valence-electron chi connectivity index (χ3n) is 3.53. The number of rotatable bonds is 4. The van der Waals surface area contributed by atoms with E-state index in [9.17, 15) is 4.79 Å². The Morgan fingerprint density at radius 3 is 1.71 bits per heavy atom. The predicted molar refractivity (Wildman–Crippen MR) is 87.2 cm³/mol. The van der Waals surface area contributed by atoms with Crippen molar-refractivity contribution in [1.82, 2.24) is 19.9 Å². The average Bonchev–Trinajstić information content (AvgIpc) is 3.21. The van der Waals surface area contributed by atoms with Crippen LogP contribution in [0.1, 0.15) is 11.6 Å². The molecule has 0 saturated carbocycles. The minimum absolute atomic E-state index is 0.0215. The SMILES string of the molecule is O=C(OCc1nc2ccccc2[nH]1)OCc1nc2ccccc2[nH]1. The van der Waals surface area contributed by atoms with E-state index in [0.717, 1.165) is 22.1 Å². The van der Waals surface area contributed by atoms with Gasteiger partial charge >= 0.3 is 6.16 Å². The summed E-state index contributed by atoms with van der Waals surface area (Å²) in [6.45, 7) is 0.0429. The number of ether oxygens (including phenoxy) is 2. The van der Waals surface area contributed by atoms with Gasteiger partial charge in [0.1, 0.15) is 11.6 Å². The van der Waals surface area contributed by atoms with E-state index in [0.29, 0.717) is 11.6 Å². The van der Waals surface area contributed by atoms with Crippen molar-refractivity contribution < 1.29 is 14.3 Å². The maximum Gasteiger partial charge on any atom is 0.509 e. The van der Waals surface area contributed by atoms with Gasteiger partial charge in [-0.1, -0.05) is 24.3 Å². The van der Waals surface area contributed by atoms with Crippen molar-refractivity contribution in [2.45, 2.75) is 13.2 Å². The van der Waals surface area contributed by atoms with Gasteiger partial charge in [-0.15, -0.1) is 0 Å². The Labute approximate surface area is 136 Å². The van der Waals surface area contributed by atoms with Crippen LogP contribution in [0.3, 0.4) is 0 Å². The maximum atomic E-state index is 11.7. The lowest BCUT2D eigenvalue weighted by Crippen LogP contribution is -2.08. The summed E-state index contributed by atoms with van der Waals surface area (Å²) in [6, 6.07) is 15.2. The van der Waals surface area contributed by atoms with Crippen LogP contribution < -0.4 is 0 Å². The van der Waals surface area contributed by atoms with Gasteiger partial charge in [0.2, 0.25) is 0 Å². The summed E-state index contributed by atoms with van der Waals surface area (Å²) in [6.07, 6.45) is -0.768. The zero-order valence-electron chi connectivity index (χ0n) is 12.7. The molecule has 2 heterocycles. The Kier molecular flexibility index (Phi) is 3.59. The second-order valence-electron chi connectivity index (χ2n) is 5.23. The number of imidazole rings is 2. The summed E-state index contributed by atoms with van der Waals surface area (Å²) >= 11 is 0. The van der Waals surface area contributed by atoms with Crippen molar-refractivity contribution in [2.75, 3.05) is 0 Å². The topological polar surface area (TPSA) is 92.9 Å². The standard InChI is InChI=1S/C17H14N4O3/c22-17(23-9-15-18-11-5-1-2-6-12(11)19-15)24-10-16-20-13-7-3-4-8-14(13)21-16/h1-8H,9-10H2,(H,18,19)(H,20,21). The summed E-state index contributed by atoms with van der Waals surface area (Å²) in [4.78, 5) is 26.5. The summed E-state index contributed by atoms with van der Waals surface area (Å²) < 4.78 is 10.1. The number of hydrogen-bond donors (Lipinski definition) is 2. The molecule has 2 aromatic heterocycles. The van der Waals surface area contributed by atoms with Crippen LogP contribution in [0, 0.1) is 0 Å². The molecular formula is C17H14N4O3. The first-order chi connectivity index (χ1) is 11.8. The number of nitrogens with zero attached hydrogens (tertiary/aromatic N) is 2. The van der Waals surface area contributed by atoms with E-state index in [-0.39, 0.29) is 13.2 Å². The van der Waals surface area contributed by atoms with Gasteiger partial charge in [-0.25, -0.2) is 14.8 Å². The van der Waals surface area contributed by atoms with E-state index in [1.54, 1.807) is 0 Å². The molecule has 2 N–H and O–H groups in total. The highest BCUT2D eigenvalue weighted by Crippen LogP contribution is 2.12. The van der Waals surface area contributed by atoms with Gasteiger partial charge in [0.05, 0.1) is 22.1 Å². The van der Waals surface area contributed by atoms with Crippen LogP contribution in [0.15, 0.2) is 48.5 Å². The molecule has 24 heavy (non-hydrogen) atoms. The Hall–Kier alpha value is -3.35. The Morgan fingerprint density at radius 2 is 1.25 bits per heavy atom. The lowest BCUT2D eigenvalue weighted by Gasteiger charge is -2.03. The summed E-state index contributed by atoms with van der Waals surface area (Å²) in [5, 5.41) is 0. The van der Waals surface area contributed by atoms with Gasteiger partial charge in [-0.2, -0.15) is 0 Å². The van der Waals surface area contributed by atoms with E-state index in [1.165, 1.54) is 0 Å². The zero-order chi connectivity index (χ0) is 16.4. The second-order valence-corrected chi connectivity index (χ2v) is 5.23. The van der Waals surface area contributed by atoms with Crippen LogP contribution in [0.4, 0.5) is 4.79 Å². The highest BCUT2D eigenvalue weighted by molar-refractivity contribution is 5.75. The first-order valence-corrected chi connectivity index (χ1v) is 7.45. The number of H-pyrrole nitrogens is 2. The number of carbonyl (C=O) groups is 1. The molecule has 0 aliphatic carbocycles. The third-order valence-corrected chi connectivity index (χ3v) is 3.53. The predicted octanol–water partition coefficient (Wildman–Crippen LogP) is 3.29. The maximum absolute atomic E-state index is 11.7. The highest BCUT2D eigenvalue weighted by Gasteiger charge is 2.10. The number of benzene rings is 2. The molecular weight excluding hydrogens is 308 g/mol. The van der Waals surface area contributed by atoms with Crippen LogP contribution in [-0.2, 0) is 22.7 Å². The molecule has 0 unspecified atom stereocenters. The van der Waals surface area contributed by atoms with Crippen LogP contribution in [0.2, 0.25) is 0 Å². The van der Waals surface area contributed by atoms with Crippen LogP contribution >= 0.6 is 0 Å². The molecule has 0 spiro atoms. The van der Waals surface area contributed by atoms with E-state index in [4.69, 9.17) is 9.47 Å². The molecule has 4 aromatic rings. The van der Waals surface area contributed by atoms with Crippen LogP contribution in [0.5, 0.6) is 0 Å². The number of carbonyl (C=O) groups excluding carboxylic acids is 1. The molecule has 0 fully saturated rings. The monoisotopic (exact) mass is 322 g/mol. The van der Waals surface area contributed by atoms with Crippen molar-refractivity contribution in [2.24, 2.45) is 0 Å². The second kappa shape index (κ2) is 6.04. The number of nitrogens with one attached hydrogen (secondary N) is 2. The van der Waals surface area contributed by atoms with E-state index in [2.05, 4.69) is 19.9 Å². The van der Waals surface area contributed by atoms with E-state index in [1.807, 2.05) is 48.5 Å². The van der Waals surface area contributed by atoms with Crippen molar-refractivity contribution in [1.29, 1.82) is 0 Å². The third kappa shape index (κ3) is 2.91. The number of fused-ring (bicyclic) bond motifs is 2. The molecule has 0 amide bonds. The van der Waals surface area contributed by atoms with Gasteiger partial charge in [0.15, 0.2) is 13.2 Å². The van der Waals surface area contributed by atoms with Gasteiger partial charge in [0, 0.05) is 0 Å². The van der Waals surface area contributed by atoms with E-state index < -0.39 is 6.16 Å². The minimum Gasteiger partial charge on any atom is -0.426 e. The summed E-state index contributed by atoms with van der Waals surface area (Å²) in [7, 11) is 0. The molecule has 0 radical (unpaired) electrons. The van der Waals surface area contributed by atoms with E-state index >= 15 is 0 Å². The van der Waals surface area contributed by atoms with Gasteiger partial charge in [0.25, 0.3) is 0 Å². The molecule has 0 aliphatic heterocycles. The molecule has 0 atom stereocenters. The molecule has 0 bridgehead atoms. The molecule has 7 heteroatoms. The largest absolute Gasteiger partial charge is 0.509 e. The quantitative estimate of drug-likeness (QED) is 0.562. The lowest BCUT2D eigenvalue weighted by atomic mass is 10.3. The van der Waals surface area contributed by atoms with Crippen molar-refractivity contribution in [3.8, 4) is 0 Å². The Bertz CT molecular complexity index is 859. The minimum atomic E-state index is -0.768. The molecule has 0 aliphatic rings. The molecule has 4 rings (SSSR count). The molecule has 120 valence electrons. The fraction of sp³-hybridized carbons (Fsp3) is 0.118. The Balaban J connectivity index is 1.33. The number of aromatic amines is 2. The summed E-state index contributed by atoms with van der Waals surface area (Å²) in [5.41, 5.74) is 3.44. The van der Waals surface area contributed by atoms with Gasteiger partial charge < -0.3 is 19.4 Å². The fourth-order valence-electron chi connectivity index (χ4n) is 2.44. The number of aromatic nitrogens is 4. The fourth-order valence-corrected chi connectivity index (χ4v) is 2.44. The smallest absolute Gasteiger partial charge is 0.426 e. The normalized spacial score (nSPS) is 11.0. The highest BCUT2D eigenvalue weighted by atomic mass is 16.7. The summed E-state index contributed by atoms with van der Waals surface area (Å²) in [5.74, 6) is 1.13. The van der Waals surface area contributed by atoms with Crippen LogP contribution in [0.25, 0.3) is 22.1 Å². The van der Waals surface area contributed by atoms with Crippen molar-refractivity contribution >= 4 is 28.2 Å². The average molecular weight is 322 g/mol. The molecule has 7 nitrogen and oxygen atoms in total. The van der Waals surface area contributed by atoms with Crippen molar-refractivity contribution in [3.05, 3.63) is 60.2 Å². The molecule has 2 aromatic carbocycles. The van der Waals surface area contributed by atoms with Gasteiger partial charge in [-0.05, 0) is 24.3 Å². The lowest BCUT2D eigenvalue weighted by molar-refractivity contribution is 0.0417. The Morgan fingerprint density at radius 1 is 0.792 bits per heavy atom. The number of hydrogen-bond acceptors (Lipinski definition) is 5. The van der Waals surface area contributed by atoms with Crippen molar-refractivity contribution in [3.63, 3.8) is 0 Å². The first kappa shape index (κ1) is 14.3. The van der Waals surface area contributed by atoms with Gasteiger partial charge in [-0.3, -0.25) is 0 Å².